The second kappa shape index (κ2) is 3.96. The molecule has 0 spiro atoms. The average Bonchev–Trinajstić information content (AvgIpc) is 3.19. The highest BCUT2D eigenvalue weighted by atomic mass is 16.3. The van der Waals surface area contributed by atoms with Crippen molar-refractivity contribution < 1.29 is 5.11 Å². The summed E-state index contributed by atoms with van der Waals surface area (Å²) in [7, 11) is 0. The maximum Gasteiger partial charge on any atom is 0.145 e. The number of phenols is 1. The van der Waals surface area contributed by atoms with Crippen molar-refractivity contribution in [1.82, 2.24) is 14.5 Å². The van der Waals surface area contributed by atoms with Crippen LogP contribution in [-0.4, -0.2) is 19.6 Å². The lowest BCUT2D eigenvalue weighted by molar-refractivity contribution is 0.477. The number of aromatic nitrogens is 3. The maximum atomic E-state index is 10.1. The van der Waals surface area contributed by atoms with Crippen molar-refractivity contribution in [2.45, 2.75) is 18.9 Å². The average molecular weight is 266 g/mol. The number of nitrogen functional groups attached to an aromatic ring is 1. The van der Waals surface area contributed by atoms with E-state index in [-0.39, 0.29) is 5.75 Å². The fourth-order valence-electron chi connectivity index (χ4n) is 2.58. The van der Waals surface area contributed by atoms with E-state index in [1.54, 1.807) is 24.5 Å². The third kappa shape index (κ3) is 1.63. The Morgan fingerprint density at radius 3 is 2.85 bits per heavy atom. The number of hydrogen-bond acceptors (Lipinski definition) is 4. The van der Waals surface area contributed by atoms with Crippen LogP contribution in [0, 0.1) is 0 Å². The monoisotopic (exact) mass is 266 g/mol. The van der Waals surface area contributed by atoms with Crippen LogP contribution in [0.2, 0.25) is 0 Å². The molecule has 4 rings (SSSR count). The SMILES string of the molecule is Nc1ccc(-c2nc3cnccc3n2C2CC2)c(O)c1. The van der Waals surface area contributed by atoms with Gasteiger partial charge in [-0.05, 0) is 31.0 Å². The summed E-state index contributed by atoms with van der Waals surface area (Å²) in [5, 5.41) is 10.1. The van der Waals surface area contributed by atoms with E-state index in [0.717, 1.165) is 29.7 Å². The Balaban J connectivity index is 2.01. The number of rotatable bonds is 2. The molecule has 0 unspecified atom stereocenters. The van der Waals surface area contributed by atoms with Gasteiger partial charge in [0, 0.05) is 24.0 Å². The van der Waals surface area contributed by atoms with Gasteiger partial charge in [0.1, 0.15) is 17.1 Å². The summed E-state index contributed by atoms with van der Waals surface area (Å²) in [5.74, 6) is 0.947. The van der Waals surface area contributed by atoms with Crippen molar-refractivity contribution in [3.63, 3.8) is 0 Å². The number of nitrogens with zero attached hydrogens (tertiary/aromatic N) is 3. The molecule has 1 aliphatic rings. The minimum Gasteiger partial charge on any atom is -0.507 e. The van der Waals surface area contributed by atoms with Crippen molar-refractivity contribution in [3.05, 3.63) is 36.7 Å². The fraction of sp³-hybridized carbons (Fsp3) is 0.200. The van der Waals surface area contributed by atoms with Gasteiger partial charge in [0.2, 0.25) is 0 Å². The first-order chi connectivity index (χ1) is 9.74. The first-order valence-electron chi connectivity index (χ1n) is 6.65. The summed E-state index contributed by atoms with van der Waals surface area (Å²) in [6, 6.07) is 7.60. The lowest BCUT2D eigenvalue weighted by atomic mass is 10.1. The molecule has 2 heterocycles. The molecule has 20 heavy (non-hydrogen) atoms. The van der Waals surface area contributed by atoms with Crippen LogP contribution in [-0.2, 0) is 0 Å². The van der Waals surface area contributed by atoms with Crippen LogP contribution < -0.4 is 5.73 Å². The molecule has 1 aliphatic carbocycles. The first kappa shape index (κ1) is 11.3. The molecule has 0 saturated heterocycles. The Hall–Kier alpha value is -2.56. The van der Waals surface area contributed by atoms with Crippen LogP contribution >= 0.6 is 0 Å². The van der Waals surface area contributed by atoms with Gasteiger partial charge in [-0.2, -0.15) is 0 Å². The minimum atomic E-state index is 0.162. The van der Waals surface area contributed by atoms with E-state index in [4.69, 9.17) is 5.73 Å². The van der Waals surface area contributed by atoms with Gasteiger partial charge in [-0.25, -0.2) is 4.98 Å². The minimum absolute atomic E-state index is 0.162. The second-order valence-electron chi connectivity index (χ2n) is 5.18. The largest absolute Gasteiger partial charge is 0.507 e. The van der Waals surface area contributed by atoms with Crippen LogP contribution in [0.1, 0.15) is 18.9 Å². The van der Waals surface area contributed by atoms with Crippen molar-refractivity contribution in [1.29, 1.82) is 0 Å². The molecule has 0 radical (unpaired) electrons. The van der Waals surface area contributed by atoms with Gasteiger partial charge >= 0.3 is 0 Å². The number of aromatic hydroxyl groups is 1. The zero-order valence-electron chi connectivity index (χ0n) is 10.8. The molecule has 1 saturated carbocycles. The molecule has 3 N–H and O–H groups in total. The standard InChI is InChI=1S/C15H14N4O/c16-9-1-4-11(14(20)7-9)15-18-12-8-17-6-5-13(12)19(15)10-2-3-10/h1,4-8,10,20H,2-3,16H2. The quantitative estimate of drug-likeness (QED) is 0.699. The van der Waals surface area contributed by atoms with Gasteiger partial charge in [-0.3, -0.25) is 4.98 Å². The summed E-state index contributed by atoms with van der Waals surface area (Å²) < 4.78 is 2.20. The Morgan fingerprint density at radius 1 is 1.25 bits per heavy atom. The molecule has 0 atom stereocenters. The maximum absolute atomic E-state index is 10.1. The second-order valence-corrected chi connectivity index (χ2v) is 5.18. The predicted molar refractivity (Wildman–Crippen MR) is 77.3 cm³/mol. The van der Waals surface area contributed by atoms with Gasteiger partial charge in [-0.15, -0.1) is 0 Å². The van der Waals surface area contributed by atoms with E-state index in [2.05, 4.69) is 14.5 Å². The number of phenolic OH excluding ortho intramolecular Hbond substituents is 1. The molecule has 1 aromatic carbocycles. The van der Waals surface area contributed by atoms with Crippen molar-refractivity contribution >= 4 is 16.7 Å². The van der Waals surface area contributed by atoms with Crippen molar-refractivity contribution in [2.75, 3.05) is 5.73 Å². The summed E-state index contributed by atoms with van der Waals surface area (Å²) >= 11 is 0. The van der Waals surface area contributed by atoms with Gasteiger partial charge in [0.15, 0.2) is 0 Å². The van der Waals surface area contributed by atoms with E-state index < -0.39 is 0 Å². The zero-order chi connectivity index (χ0) is 13.7. The number of imidazole rings is 1. The molecule has 0 aliphatic heterocycles. The molecule has 0 bridgehead atoms. The highest BCUT2D eigenvalue weighted by Crippen LogP contribution is 2.42. The zero-order valence-corrected chi connectivity index (χ0v) is 10.8. The summed E-state index contributed by atoms with van der Waals surface area (Å²) in [4.78, 5) is 8.75. The van der Waals surface area contributed by atoms with Gasteiger partial charge in [0.25, 0.3) is 0 Å². The van der Waals surface area contributed by atoms with E-state index in [0.29, 0.717) is 17.3 Å². The molecule has 1 fully saturated rings. The van der Waals surface area contributed by atoms with E-state index in [1.165, 1.54) is 0 Å². The summed E-state index contributed by atoms with van der Waals surface area (Å²) in [6.07, 6.45) is 5.83. The summed E-state index contributed by atoms with van der Waals surface area (Å²) in [5.41, 5.74) is 8.86. The number of pyridine rings is 1. The number of nitrogens with two attached hydrogens (primary N) is 1. The molecule has 0 amide bonds. The number of hydrogen-bond donors (Lipinski definition) is 2. The Morgan fingerprint density at radius 2 is 2.10 bits per heavy atom. The van der Waals surface area contributed by atoms with Crippen LogP contribution in [0.15, 0.2) is 36.7 Å². The van der Waals surface area contributed by atoms with Crippen LogP contribution in [0.3, 0.4) is 0 Å². The molecule has 5 heteroatoms. The van der Waals surface area contributed by atoms with E-state index >= 15 is 0 Å². The Labute approximate surface area is 115 Å². The van der Waals surface area contributed by atoms with Gasteiger partial charge in [0.05, 0.1) is 17.3 Å². The fourth-order valence-corrected chi connectivity index (χ4v) is 2.58. The van der Waals surface area contributed by atoms with Crippen LogP contribution in [0.25, 0.3) is 22.4 Å². The number of anilines is 1. The normalized spacial score (nSPS) is 14.8. The lowest BCUT2D eigenvalue weighted by Gasteiger charge is -2.09. The predicted octanol–water partition coefficient (Wildman–Crippen LogP) is 2.72. The van der Waals surface area contributed by atoms with E-state index in [1.807, 2.05) is 12.1 Å². The third-order valence-corrected chi connectivity index (χ3v) is 3.67. The smallest absolute Gasteiger partial charge is 0.145 e. The molecule has 3 aromatic rings. The molecule has 100 valence electrons. The highest BCUT2D eigenvalue weighted by Gasteiger charge is 2.29. The third-order valence-electron chi connectivity index (χ3n) is 3.67. The van der Waals surface area contributed by atoms with E-state index in [9.17, 15) is 5.11 Å². The van der Waals surface area contributed by atoms with Crippen molar-refractivity contribution in [3.8, 4) is 17.1 Å². The summed E-state index contributed by atoms with van der Waals surface area (Å²) in [6.45, 7) is 0. The molecule has 2 aromatic heterocycles. The Bertz CT molecular complexity index is 805. The van der Waals surface area contributed by atoms with Crippen LogP contribution in [0.4, 0.5) is 5.69 Å². The number of fused-ring (bicyclic) bond motifs is 1. The molecule has 5 nitrogen and oxygen atoms in total. The van der Waals surface area contributed by atoms with Gasteiger partial charge in [-0.1, -0.05) is 0 Å². The van der Waals surface area contributed by atoms with Crippen LogP contribution in [0.5, 0.6) is 5.75 Å². The highest BCUT2D eigenvalue weighted by molar-refractivity contribution is 5.82. The topological polar surface area (TPSA) is 77.0 Å². The number of benzene rings is 1. The molecular formula is C15H14N4O. The first-order valence-corrected chi connectivity index (χ1v) is 6.65. The Kier molecular flexibility index (Phi) is 2.24. The lowest BCUT2D eigenvalue weighted by Crippen LogP contribution is -1.98. The van der Waals surface area contributed by atoms with Crippen molar-refractivity contribution in [2.24, 2.45) is 0 Å². The van der Waals surface area contributed by atoms with Gasteiger partial charge < -0.3 is 15.4 Å². The molecular weight excluding hydrogens is 252 g/mol.